The van der Waals surface area contributed by atoms with Crippen LogP contribution in [0.3, 0.4) is 0 Å². The van der Waals surface area contributed by atoms with Crippen molar-refractivity contribution < 1.29 is 4.79 Å². The normalized spacial score (nSPS) is 12.1. The second-order valence-corrected chi connectivity index (χ2v) is 5.87. The fourth-order valence-corrected chi connectivity index (χ4v) is 2.63. The van der Waals surface area contributed by atoms with Crippen molar-refractivity contribution in [3.8, 4) is 0 Å². The van der Waals surface area contributed by atoms with Gasteiger partial charge in [0.1, 0.15) is 17.6 Å². The van der Waals surface area contributed by atoms with Crippen LogP contribution >= 0.6 is 23.2 Å². The van der Waals surface area contributed by atoms with Gasteiger partial charge in [-0.15, -0.1) is 0 Å². The zero-order valence-corrected chi connectivity index (χ0v) is 13.8. The minimum Gasteiger partial charge on any atom is -0.357 e. The molecule has 2 N–H and O–H groups in total. The minimum absolute atomic E-state index is 0.228. The lowest BCUT2D eigenvalue weighted by atomic mass is 10.1. The number of hydrogen-bond acceptors (Lipinski definition) is 2. The van der Waals surface area contributed by atoms with Crippen LogP contribution < -0.4 is 5.32 Å². The van der Waals surface area contributed by atoms with Crippen molar-refractivity contribution in [1.82, 2.24) is 19.9 Å². The summed E-state index contributed by atoms with van der Waals surface area (Å²) in [6.45, 7) is 0. The standard InChI is InChI=1S/C16H14Cl2N4O/c1-22-8-7-20-15(22)14(10-4-5-11(17)12(18)9-10)21-16(23)13-3-2-6-19-13/h2-9,14,19H,1H3,(H,21,23). The fraction of sp³-hybridized carbons (Fsp3) is 0.125. The average Bonchev–Trinajstić information content (AvgIpc) is 3.19. The number of halogens is 2. The lowest BCUT2D eigenvalue weighted by Crippen LogP contribution is -2.31. The third-order valence-electron chi connectivity index (χ3n) is 3.51. The van der Waals surface area contributed by atoms with E-state index in [0.29, 0.717) is 21.6 Å². The van der Waals surface area contributed by atoms with E-state index in [1.807, 2.05) is 23.9 Å². The molecular formula is C16H14Cl2N4O. The molecule has 1 atom stereocenters. The van der Waals surface area contributed by atoms with Crippen molar-refractivity contribution in [2.45, 2.75) is 6.04 Å². The van der Waals surface area contributed by atoms with E-state index in [4.69, 9.17) is 23.2 Å². The van der Waals surface area contributed by atoms with Gasteiger partial charge >= 0.3 is 0 Å². The number of benzene rings is 1. The van der Waals surface area contributed by atoms with Crippen molar-refractivity contribution in [2.75, 3.05) is 0 Å². The number of rotatable bonds is 4. The molecule has 23 heavy (non-hydrogen) atoms. The van der Waals surface area contributed by atoms with Crippen LogP contribution in [-0.2, 0) is 7.05 Å². The number of aromatic nitrogens is 3. The molecule has 0 aliphatic rings. The van der Waals surface area contributed by atoms with Crippen LogP contribution in [0.1, 0.15) is 27.9 Å². The molecule has 1 amide bonds. The lowest BCUT2D eigenvalue weighted by molar-refractivity contribution is 0.0936. The molecule has 3 aromatic rings. The van der Waals surface area contributed by atoms with Gasteiger partial charge in [-0.3, -0.25) is 4.79 Å². The Kier molecular flexibility index (Phi) is 4.41. The zero-order valence-electron chi connectivity index (χ0n) is 12.3. The summed E-state index contributed by atoms with van der Waals surface area (Å²) < 4.78 is 1.85. The second-order valence-electron chi connectivity index (χ2n) is 5.06. The van der Waals surface area contributed by atoms with Gasteiger partial charge in [0.05, 0.1) is 10.0 Å². The molecule has 0 bridgehead atoms. The summed E-state index contributed by atoms with van der Waals surface area (Å²) in [4.78, 5) is 19.6. The summed E-state index contributed by atoms with van der Waals surface area (Å²) >= 11 is 12.1. The largest absolute Gasteiger partial charge is 0.357 e. The molecule has 0 saturated heterocycles. The summed E-state index contributed by atoms with van der Waals surface area (Å²) in [6, 6.07) is 8.29. The van der Waals surface area contributed by atoms with Gasteiger partial charge in [-0.1, -0.05) is 29.3 Å². The molecule has 0 saturated carbocycles. The van der Waals surface area contributed by atoms with Crippen LogP contribution in [0, 0.1) is 0 Å². The highest BCUT2D eigenvalue weighted by Gasteiger charge is 2.22. The van der Waals surface area contributed by atoms with E-state index < -0.39 is 6.04 Å². The quantitative estimate of drug-likeness (QED) is 0.756. The highest BCUT2D eigenvalue weighted by molar-refractivity contribution is 6.42. The molecule has 0 spiro atoms. The van der Waals surface area contributed by atoms with Gasteiger partial charge < -0.3 is 14.9 Å². The van der Waals surface area contributed by atoms with E-state index in [2.05, 4.69) is 15.3 Å². The third-order valence-corrected chi connectivity index (χ3v) is 4.25. The number of nitrogens with zero attached hydrogens (tertiary/aromatic N) is 2. The first-order valence-electron chi connectivity index (χ1n) is 6.92. The topological polar surface area (TPSA) is 62.7 Å². The molecule has 5 nitrogen and oxygen atoms in total. The SMILES string of the molecule is Cn1ccnc1C(NC(=O)c1ccc[nH]1)c1ccc(Cl)c(Cl)c1. The molecular weight excluding hydrogens is 335 g/mol. The molecule has 0 aliphatic heterocycles. The molecule has 1 aromatic carbocycles. The Labute approximate surface area is 143 Å². The summed E-state index contributed by atoms with van der Waals surface area (Å²) in [7, 11) is 1.87. The summed E-state index contributed by atoms with van der Waals surface area (Å²) in [5.41, 5.74) is 1.28. The molecule has 7 heteroatoms. The van der Waals surface area contributed by atoms with E-state index in [-0.39, 0.29) is 5.91 Å². The molecule has 1 unspecified atom stereocenters. The molecule has 3 rings (SSSR count). The van der Waals surface area contributed by atoms with Gasteiger partial charge in [-0.05, 0) is 29.8 Å². The van der Waals surface area contributed by atoms with Crippen LogP contribution in [0.2, 0.25) is 10.0 Å². The van der Waals surface area contributed by atoms with E-state index in [0.717, 1.165) is 5.56 Å². The van der Waals surface area contributed by atoms with Crippen molar-refractivity contribution in [2.24, 2.45) is 7.05 Å². The monoisotopic (exact) mass is 348 g/mol. The van der Waals surface area contributed by atoms with Gasteiger partial charge in [0, 0.05) is 25.6 Å². The molecule has 2 aromatic heterocycles. The van der Waals surface area contributed by atoms with Crippen LogP contribution in [0.25, 0.3) is 0 Å². The molecule has 0 fully saturated rings. The first-order chi connectivity index (χ1) is 11.1. The summed E-state index contributed by atoms with van der Waals surface area (Å²) in [5.74, 6) is 0.470. The van der Waals surface area contributed by atoms with Crippen molar-refractivity contribution in [1.29, 1.82) is 0 Å². The maximum absolute atomic E-state index is 12.4. The molecule has 0 radical (unpaired) electrons. The first kappa shape index (κ1) is 15.6. The number of imidazole rings is 1. The van der Waals surface area contributed by atoms with Crippen molar-refractivity contribution in [3.63, 3.8) is 0 Å². The Morgan fingerprint density at radius 1 is 1.30 bits per heavy atom. The Hall–Kier alpha value is -2.24. The van der Waals surface area contributed by atoms with Crippen LogP contribution in [-0.4, -0.2) is 20.4 Å². The average molecular weight is 349 g/mol. The Morgan fingerprint density at radius 3 is 2.74 bits per heavy atom. The highest BCUT2D eigenvalue weighted by atomic mass is 35.5. The van der Waals surface area contributed by atoms with Crippen molar-refractivity contribution >= 4 is 29.1 Å². The first-order valence-corrected chi connectivity index (χ1v) is 7.68. The van der Waals surface area contributed by atoms with Gasteiger partial charge in [-0.2, -0.15) is 0 Å². The van der Waals surface area contributed by atoms with Crippen LogP contribution in [0.5, 0.6) is 0 Å². The predicted molar refractivity (Wildman–Crippen MR) is 89.8 cm³/mol. The van der Waals surface area contributed by atoms with E-state index in [1.54, 1.807) is 36.7 Å². The van der Waals surface area contributed by atoms with E-state index >= 15 is 0 Å². The van der Waals surface area contributed by atoms with Gasteiger partial charge in [-0.25, -0.2) is 4.98 Å². The highest BCUT2D eigenvalue weighted by Crippen LogP contribution is 2.28. The van der Waals surface area contributed by atoms with Crippen LogP contribution in [0.4, 0.5) is 0 Å². The van der Waals surface area contributed by atoms with Crippen LogP contribution in [0.15, 0.2) is 48.9 Å². The second kappa shape index (κ2) is 6.48. The fourth-order valence-electron chi connectivity index (χ4n) is 2.32. The molecule has 2 heterocycles. The third kappa shape index (κ3) is 3.25. The number of H-pyrrole nitrogens is 1. The van der Waals surface area contributed by atoms with Gasteiger partial charge in [0.2, 0.25) is 0 Å². The Bertz CT molecular complexity index is 826. The number of carbonyl (C=O) groups is 1. The Morgan fingerprint density at radius 2 is 2.13 bits per heavy atom. The number of carbonyl (C=O) groups excluding carboxylic acids is 1. The number of aromatic amines is 1. The minimum atomic E-state index is -0.444. The van der Waals surface area contributed by atoms with Gasteiger partial charge in [0.25, 0.3) is 5.91 Å². The lowest BCUT2D eigenvalue weighted by Gasteiger charge is -2.19. The van der Waals surface area contributed by atoms with E-state index in [9.17, 15) is 4.79 Å². The van der Waals surface area contributed by atoms with E-state index in [1.165, 1.54) is 0 Å². The molecule has 0 aliphatic carbocycles. The molecule has 118 valence electrons. The maximum atomic E-state index is 12.4. The smallest absolute Gasteiger partial charge is 0.268 e. The number of hydrogen-bond donors (Lipinski definition) is 2. The van der Waals surface area contributed by atoms with Gasteiger partial charge in [0.15, 0.2) is 0 Å². The predicted octanol–water partition coefficient (Wildman–Crippen LogP) is 3.57. The summed E-state index contributed by atoms with van der Waals surface area (Å²) in [5, 5.41) is 3.86. The zero-order chi connectivity index (χ0) is 16.4. The van der Waals surface area contributed by atoms with Crippen molar-refractivity contribution in [3.05, 3.63) is 76.0 Å². The number of aryl methyl sites for hydroxylation is 1. The number of nitrogens with one attached hydrogen (secondary N) is 2. The number of amides is 1. The summed E-state index contributed by atoms with van der Waals surface area (Å²) in [6.07, 6.45) is 5.20. The maximum Gasteiger partial charge on any atom is 0.268 e. The Balaban J connectivity index is 1.98.